The van der Waals surface area contributed by atoms with Crippen LogP contribution < -0.4 is 20.4 Å². The van der Waals surface area contributed by atoms with Crippen molar-refractivity contribution in [2.45, 2.75) is 27.7 Å². The van der Waals surface area contributed by atoms with Crippen LogP contribution in [-0.4, -0.2) is 23.9 Å². The molecule has 0 bridgehead atoms. The van der Waals surface area contributed by atoms with Crippen molar-refractivity contribution < 1.29 is 56.4 Å². The standard InChI is InChI=1S/4C2H4O2.Co/c4*1-2(3)4;/h4*1H3,(H,3,4);/q;;;;+4/p-4. The van der Waals surface area contributed by atoms with Gasteiger partial charge in [-0.2, -0.15) is 0 Å². The van der Waals surface area contributed by atoms with Gasteiger partial charge >= 0.3 is 16.8 Å². The van der Waals surface area contributed by atoms with E-state index in [2.05, 4.69) is 0 Å². The minimum atomic E-state index is -1.08. The molecular formula is C8H12CoO8. The van der Waals surface area contributed by atoms with E-state index in [-0.39, 0.29) is 16.8 Å². The van der Waals surface area contributed by atoms with E-state index in [9.17, 15) is 0 Å². The Morgan fingerprint density at radius 1 is 0.529 bits per heavy atom. The van der Waals surface area contributed by atoms with Crippen molar-refractivity contribution in [2.24, 2.45) is 0 Å². The van der Waals surface area contributed by atoms with Crippen molar-refractivity contribution >= 4 is 23.9 Å². The summed E-state index contributed by atoms with van der Waals surface area (Å²) in [5.74, 6) is -4.33. The summed E-state index contributed by atoms with van der Waals surface area (Å²) in [4.78, 5) is 35.6. The van der Waals surface area contributed by atoms with Crippen molar-refractivity contribution in [1.29, 1.82) is 0 Å². The molecule has 0 aliphatic carbocycles. The number of hydrogen-bond donors (Lipinski definition) is 0. The average molecular weight is 295 g/mol. The molecule has 8 nitrogen and oxygen atoms in total. The van der Waals surface area contributed by atoms with Gasteiger partial charge in [0.15, 0.2) is 0 Å². The Bertz CT molecular complexity index is 162. The van der Waals surface area contributed by atoms with E-state index in [0.29, 0.717) is 0 Å². The Labute approximate surface area is 108 Å². The summed E-state index contributed by atoms with van der Waals surface area (Å²) in [6, 6.07) is 0. The molecule has 0 aromatic heterocycles. The smallest absolute Gasteiger partial charge is 0.550 e. The van der Waals surface area contributed by atoms with Gasteiger partial charge in [0.25, 0.3) is 0 Å². The molecule has 0 unspecified atom stereocenters. The molecule has 0 rings (SSSR count). The van der Waals surface area contributed by atoms with Gasteiger partial charge in [0.2, 0.25) is 0 Å². The summed E-state index contributed by atoms with van der Waals surface area (Å²) in [5.41, 5.74) is 0. The molecule has 17 heavy (non-hydrogen) atoms. The second-order valence-corrected chi connectivity index (χ2v) is 1.97. The van der Waals surface area contributed by atoms with Gasteiger partial charge in [-0.3, -0.25) is 0 Å². The second kappa shape index (κ2) is 23.9. The summed E-state index contributed by atoms with van der Waals surface area (Å²) in [7, 11) is 0. The van der Waals surface area contributed by atoms with Crippen LogP contribution >= 0.6 is 0 Å². The van der Waals surface area contributed by atoms with Crippen LogP contribution in [0.15, 0.2) is 0 Å². The molecule has 0 aliphatic rings. The van der Waals surface area contributed by atoms with E-state index in [1.54, 1.807) is 0 Å². The fraction of sp³-hybridized carbons (Fsp3) is 0.500. The summed E-state index contributed by atoms with van der Waals surface area (Å²) < 4.78 is 0. The molecule has 0 atom stereocenters. The van der Waals surface area contributed by atoms with Crippen LogP contribution in [0.2, 0.25) is 0 Å². The van der Waals surface area contributed by atoms with Crippen molar-refractivity contribution in [3.05, 3.63) is 0 Å². The first-order valence-electron chi connectivity index (χ1n) is 3.63. The van der Waals surface area contributed by atoms with E-state index < -0.39 is 23.9 Å². The van der Waals surface area contributed by atoms with Crippen molar-refractivity contribution in [3.63, 3.8) is 0 Å². The average Bonchev–Trinajstić information content (AvgIpc) is 1.76. The normalized spacial score (nSPS) is 5.88. The maximum atomic E-state index is 8.89. The maximum absolute atomic E-state index is 8.89. The van der Waals surface area contributed by atoms with Gasteiger partial charge in [0, 0.05) is 23.9 Å². The molecule has 0 N–H and O–H groups in total. The predicted molar refractivity (Wildman–Crippen MR) is 42.7 cm³/mol. The zero-order valence-electron chi connectivity index (χ0n) is 9.60. The van der Waals surface area contributed by atoms with Crippen molar-refractivity contribution in [2.75, 3.05) is 0 Å². The zero-order valence-corrected chi connectivity index (χ0v) is 10.6. The molecule has 9 heteroatoms. The fourth-order valence-corrected chi connectivity index (χ4v) is 0. The van der Waals surface area contributed by atoms with Crippen LogP contribution in [0.4, 0.5) is 0 Å². The largest absolute Gasteiger partial charge is 4.00 e. The minimum Gasteiger partial charge on any atom is -0.550 e. The second-order valence-electron chi connectivity index (χ2n) is 1.97. The Morgan fingerprint density at radius 3 is 0.529 bits per heavy atom. The number of rotatable bonds is 0. The van der Waals surface area contributed by atoms with Crippen molar-refractivity contribution in [3.8, 4) is 0 Å². The quantitative estimate of drug-likeness (QED) is 0.429. The number of carboxylic acids is 4. The number of carboxylic acid groups (broad SMARTS) is 4. The molecule has 0 amide bonds. The summed E-state index contributed by atoms with van der Waals surface area (Å²) >= 11 is 0. The first-order chi connectivity index (χ1) is 6.93. The predicted octanol–water partition coefficient (Wildman–Crippen LogP) is -4.98. The van der Waals surface area contributed by atoms with Crippen LogP contribution in [0, 0.1) is 0 Å². The van der Waals surface area contributed by atoms with Gasteiger partial charge in [-0.05, 0) is 27.7 Å². The van der Waals surface area contributed by atoms with Gasteiger partial charge in [-0.15, -0.1) is 0 Å². The molecule has 0 saturated heterocycles. The van der Waals surface area contributed by atoms with E-state index in [0.717, 1.165) is 27.7 Å². The Morgan fingerprint density at radius 2 is 0.529 bits per heavy atom. The maximum Gasteiger partial charge on any atom is 4.00 e. The van der Waals surface area contributed by atoms with Gasteiger partial charge in [-0.25, -0.2) is 0 Å². The Hall–Kier alpha value is -1.61. The van der Waals surface area contributed by atoms with Gasteiger partial charge in [0.05, 0.1) is 0 Å². The number of carbonyl (C=O) groups excluding carboxylic acids is 4. The SMILES string of the molecule is CC(=O)[O-].CC(=O)[O-].CC(=O)[O-].CC(=O)[O-].[Co+4]. The van der Waals surface area contributed by atoms with Crippen molar-refractivity contribution in [1.82, 2.24) is 0 Å². The molecule has 0 spiro atoms. The van der Waals surface area contributed by atoms with E-state index >= 15 is 0 Å². The van der Waals surface area contributed by atoms with Crippen LogP contribution in [0.1, 0.15) is 27.7 Å². The van der Waals surface area contributed by atoms with Gasteiger partial charge in [-0.1, -0.05) is 0 Å². The van der Waals surface area contributed by atoms with Gasteiger partial charge in [0.1, 0.15) is 0 Å². The van der Waals surface area contributed by atoms with Crippen LogP contribution in [0.3, 0.4) is 0 Å². The van der Waals surface area contributed by atoms with E-state index in [1.807, 2.05) is 0 Å². The summed E-state index contributed by atoms with van der Waals surface area (Å²) in [5, 5.41) is 35.6. The van der Waals surface area contributed by atoms with Gasteiger partial charge < -0.3 is 39.6 Å². The Kier molecular flexibility index (Phi) is 41.5. The third-order valence-corrected chi connectivity index (χ3v) is 0. The number of carbonyl (C=O) groups is 4. The zero-order chi connectivity index (χ0) is 14.3. The fourth-order valence-electron chi connectivity index (χ4n) is 0. The molecule has 0 aromatic carbocycles. The summed E-state index contributed by atoms with van der Waals surface area (Å²) in [6.07, 6.45) is 0. The molecule has 0 aromatic rings. The summed E-state index contributed by atoms with van der Waals surface area (Å²) in [6.45, 7) is 3.89. The van der Waals surface area contributed by atoms with E-state index in [1.165, 1.54) is 0 Å². The molecule has 101 valence electrons. The first kappa shape index (κ1) is 29.5. The van der Waals surface area contributed by atoms with E-state index in [4.69, 9.17) is 39.6 Å². The molecule has 0 saturated carbocycles. The van der Waals surface area contributed by atoms with Crippen LogP contribution in [0.25, 0.3) is 0 Å². The Balaban J connectivity index is -0.0000000369. The minimum absolute atomic E-state index is 0. The molecule has 0 fully saturated rings. The molecule has 1 radical (unpaired) electrons. The molecular weight excluding hydrogens is 283 g/mol. The monoisotopic (exact) mass is 295 g/mol. The molecule has 0 aliphatic heterocycles. The third-order valence-electron chi connectivity index (χ3n) is 0. The van der Waals surface area contributed by atoms with Crippen LogP contribution in [-0.2, 0) is 36.0 Å². The topological polar surface area (TPSA) is 161 Å². The molecule has 0 heterocycles. The number of hydrogen-bond acceptors (Lipinski definition) is 8. The van der Waals surface area contributed by atoms with Crippen LogP contribution in [0.5, 0.6) is 0 Å². The first-order valence-corrected chi connectivity index (χ1v) is 3.63. The number of aliphatic carboxylic acids is 4. The third kappa shape index (κ3) is 848.